The molecule has 6 nitrogen and oxygen atoms in total. The summed E-state index contributed by atoms with van der Waals surface area (Å²) < 4.78 is 2.47. The zero-order chi connectivity index (χ0) is 16.6. The number of hydrogen-bond acceptors (Lipinski definition) is 4. The Balaban J connectivity index is 2.13. The van der Waals surface area contributed by atoms with Crippen molar-refractivity contribution in [2.45, 2.75) is 32.4 Å². The first kappa shape index (κ1) is 16.1. The Morgan fingerprint density at radius 3 is 3.00 bits per heavy atom. The summed E-state index contributed by atoms with van der Waals surface area (Å²) in [4.78, 5) is 30.5. The molecule has 1 aliphatic rings. The van der Waals surface area contributed by atoms with Crippen LogP contribution in [-0.4, -0.2) is 44.7 Å². The van der Waals surface area contributed by atoms with Gasteiger partial charge in [0.15, 0.2) is 0 Å². The lowest BCUT2D eigenvalue weighted by Crippen LogP contribution is -2.33. The van der Waals surface area contributed by atoms with Gasteiger partial charge in [0.25, 0.3) is 0 Å². The van der Waals surface area contributed by atoms with Gasteiger partial charge in [-0.3, -0.25) is 9.69 Å². The molecule has 0 saturated carbocycles. The van der Waals surface area contributed by atoms with E-state index in [1.807, 2.05) is 4.57 Å². The minimum Gasteiger partial charge on any atom is -0.477 e. The molecular weight excluding hydrogens is 362 g/mol. The number of carboxylic acids is 1. The monoisotopic (exact) mass is 379 g/mol. The molecule has 1 saturated heterocycles. The van der Waals surface area contributed by atoms with Crippen molar-refractivity contribution in [2.75, 3.05) is 13.1 Å². The van der Waals surface area contributed by atoms with E-state index < -0.39 is 11.4 Å². The van der Waals surface area contributed by atoms with Crippen molar-refractivity contribution in [3.8, 4) is 0 Å². The van der Waals surface area contributed by atoms with Crippen molar-refractivity contribution in [1.82, 2.24) is 14.5 Å². The SMILES string of the molecule is CCN1CCCC1Cn1cc(C(=O)O)c(=O)c2cc(Br)cnc21. The summed E-state index contributed by atoms with van der Waals surface area (Å²) >= 11 is 3.30. The fourth-order valence-electron chi connectivity index (χ4n) is 3.29. The molecule has 1 atom stereocenters. The van der Waals surface area contributed by atoms with Crippen LogP contribution in [0.25, 0.3) is 11.0 Å². The third-order valence-corrected chi connectivity index (χ3v) is 4.86. The van der Waals surface area contributed by atoms with Crippen LogP contribution in [-0.2, 0) is 6.54 Å². The second-order valence-electron chi connectivity index (χ2n) is 5.78. The Kier molecular flexibility index (Phi) is 4.50. The summed E-state index contributed by atoms with van der Waals surface area (Å²) in [6.45, 7) is 4.79. The van der Waals surface area contributed by atoms with Crippen LogP contribution in [0.2, 0.25) is 0 Å². The Hall–Kier alpha value is -1.73. The van der Waals surface area contributed by atoms with Crippen LogP contribution in [0.15, 0.2) is 27.7 Å². The number of carboxylic acid groups (broad SMARTS) is 1. The summed E-state index contributed by atoms with van der Waals surface area (Å²) in [5, 5.41) is 9.66. The van der Waals surface area contributed by atoms with E-state index in [2.05, 4.69) is 32.7 Å². The van der Waals surface area contributed by atoms with E-state index in [0.29, 0.717) is 28.1 Å². The van der Waals surface area contributed by atoms with Crippen LogP contribution in [0.5, 0.6) is 0 Å². The molecule has 1 fully saturated rings. The minimum atomic E-state index is -1.20. The van der Waals surface area contributed by atoms with E-state index in [-0.39, 0.29) is 5.56 Å². The van der Waals surface area contributed by atoms with Crippen molar-refractivity contribution in [3.63, 3.8) is 0 Å². The molecule has 0 bridgehead atoms. The molecule has 0 aliphatic carbocycles. The third-order valence-electron chi connectivity index (χ3n) is 4.42. The molecule has 0 radical (unpaired) electrons. The van der Waals surface area contributed by atoms with Gasteiger partial charge in [-0.05, 0) is 47.9 Å². The van der Waals surface area contributed by atoms with Crippen LogP contribution in [0.1, 0.15) is 30.1 Å². The van der Waals surface area contributed by atoms with Crippen LogP contribution in [0, 0.1) is 0 Å². The summed E-state index contributed by atoms with van der Waals surface area (Å²) in [7, 11) is 0. The largest absolute Gasteiger partial charge is 0.477 e. The predicted molar refractivity (Wildman–Crippen MR) is 90.9 cm³/mol. The molecular formula is C16H18BrN3O3. The highest BCUT2D eigenvalue weighted by atomic mass is 79.9. The number of aromatic carboxylic acids is 1. The molecule has 0 aromatic carbocycles. The van der Waals surface area contributed by atoms with Crippen LogP contribution in [0.3, 0.4) is 0 Å². The first-order chi connectivity index (χ1) is 11.0. The summed E-state index contributed by atoms with van der Waals surface area (Å²) in [5.41, 5.74) is -0.166. The highest BCUT2D eigenvalue weighted by Gasteiger charge is 2.25. The van der Waals surface area contributed by atoms with Crippen LogP contribution in [0.4, 0.5) is 0 Å². The minimum absolute atomic E-state index is 0.210. The molecule has 122 valence electrons. The van der Waals surface area contributed by atoms with Gasteiger partial charge >= 0.3 is 5.97 Å². The van der Waals surface area contributed by atoms with E-state index in [4.69, 9.17) is 0 Å². The molecule has 3 rings (SSSR count). The highest BCUT2D eigenvalue weighted by molar-refractivity contribution is 9.10. The number of likely N-dealkylation sites (tertiary alicyclic amines) is 1. The maximum atomic E-state index is 12.4. The highest BCUT2D eigenvalue weighted by Crippen LogP contribution is 2.21. The number of rotatable bonds is 4. The van der Waals surface area contributed by atoms with Gasteiger partial charge in [0, 0.05) is 29.5 Å². The lowest BCUT2D eigenvalue weighted by Gasteiger charge is -2.24. The zero-order valence-electron chi connectivity index (χ0n) is 12.8. The van der Waals surface area contributed by atoms with Gasteiger partial charge in [0.2, 0.25) is 5.43 Å². The molecule has 23 heavy (non-hydrogen) atoms. The zero-order valence-corrected chi connectivity index (χ0v) is 14.4. The maximum Gasteiger partial charge on any atom is 0.341 e. The molecule has 7 heteroatoms. The number of likely N-dealkylation sites (N-methyl/N-ethyl adjacent to an activating group) is 1. The van der Waals surface area contributed by atoms with E-state index in [1.54, 1.807) is 12.3 Å². The standard InChI is InChI=1S/C16H18BrN3O3/c1-2-19-5-3-4-11(19)8-20-9-13(16(22)23)14(21)12-6-10(17)7-18-15(12)20/h6-7,9,11H,2-5,8H2,1H3,(H,22,23). The maximum absolute atomic E-state index is 12.4. The quantitative estimate of drug-likeness (QED) is 0.881. The number of hydrogen-bond donors (Lipinski definition) is 1. The number of pyridine rings is 2. The van der Waals surface area contributed by atoms with Gasteiger partial charge in [-0.2, -0.15) is 0 Å². The summed E-state index contributed by atoms with van der Waals surface area (Å²) in [6, 6.07) is 1.98. The second-order valence-corrected chi connectivity index (χ2v) is 6.69. The second kappa shape index (κ2) is 6.41. The first-order valence-electron chi connectivity index (χ1n) is 7.67. The molecule has 1 aliphatic heterocycles. The Bertz CT molecular complexity index is 818. The van der Waals surface area contributed by atoms with Crippen molar-refractivity contribution >= 4 is 32.9 Å². The van der Waals surface area contributed by atoms with E-state index in [0.717, 1.165) is 25.9 Å². The molecule has 0 spiro atoms. The fraction of sp³-hybridized carbons (Fsp3) is 0.438. The number of halogens is 1. The van der Waals surface area contributed by atoms with Crippen molar-refractivity contribution < 1.29 is 9.90 Å². The number of nitrogens with zero attached hydrogens (tertiary/aromatic N) is 3. The normalized spacial score (nSPS) is 18.6. The molecule has 0 amide bonds. The smallest absolute Gasteiger partial charge is 0.341 e. The van der Waals surface area contributed by atoms with Crippen molar-refractivity contribution in [3.05, 3.63) is 38.7 Å². The Labute approximate surface area is 141 Å². The summed E-state index contributed by atoms with van der Waals surface area (Å²) in [6.07, 6.45) is 5.27. The lowest BCUT2D eigenvalue weighted by molar-refractivity contribution is 0.0694. The average molecular weight is 380 g/mol. The Morgan fingerprint density at radius 1 is 1.52 bits per heavy atom. The summed E-state index contributed by atoms with van der Waals surface area (Å²) in [5.74, 6) is -1.20. The molecule has 1 N–H and O–H groups in total. The van der Waals surface area contributed by atoms with Gasteiger partial charge < -0.3 is 9.67 Å². The lowest BCUT2D eigenvalue weighted by atomic mass is 10.1. The van der Waals surface area contributed by atoms with Crippen molar-refractivity contribution in [2.24, 2.45) is 0 Å². The Morgan fingerprint density at radius 2 is 2.30 bits per heavy atom. The number of fused-ring (bicyclic) bond motifs is 1. The molecule has 3 heterocycles. The van der Waals surface area contributed by atoms with Gasteiger partial charge in [-0.1, -0.05) is 6.92 Å². The average Bonchev–Trinajstić information content (AvgIpc) is 2.97. The van der Waals surface area contributed by atoms with E-state index in [1.165, 1.54) is 6.20 Å². The topological polar surface area (TPSA) is 75.4 Å². The van der Waals surface area contributed by atoms with E-state index >= 15 is 0 Å². The van der Waals surface area contributed by atoms with Crippen LogP contribution >= 0.6 is 15.9 Å². The number of aromatic nitrogens is 2. The predicted octanol–water partition coefficient (Wildman–Crippen LogP) is 2.34. The van der Waals surface area contributed by atoms with Crippen LogP contribution < -0.4 is 5.43 Å². The van der Waals surface area contributed by atoms with Gasteiger partial charge in [0.05, 0.1) is 5.39 Å². The van der Waals surface area contributed by atoms with Gasteiger partial charge in [0.1, 0.15) is 11.2 Å². The molecule has 2 aromatic rings. The fourth-order valence-corrected chi connectivity index (χ4v) is 3.62. The molecule has 1 unspecified atom stereocenters. The van der Waals surface area contributed by atoms with Crippen molar-refractivity contribution in [1.29, 1.82) is 0 Å². The van der Waals surface area contributed by atoms with Gasteiger partial charge in [-0.25, -0.2) is 9.78 Å². The van der Waals surface area contributed by atoms with E-state index in [9.17, 15) is 14.7 Å². The third kappa shape index (κ3) is 3.03. The van der Waals surface area contributed by atoms with Gasteiger partial charge in [-0.15, -0.1) is 0 Å². The number of carbonyl (C=O) groups is 1. The molecule has 2 aromatic heterocycles. The first-order valence-corrected chi connectivity index (χ1v) is 8.46.